The average molecular weight is 282 g/mol. The number of hydrogen-bond donors (Lipinski definition) is 2. The monoisotopic (exact) mass is 281 g/mol. The number of halogens is 1. The number of aromatic nitrogens is 4. The second kappa shape index (κ2) is 5.07. The second-order valence-corrected chi connectivity index (χ2v) is 4.15. The molecule has 2 aromatic heterocycles. The highest BCUT2D eigenvalue weighted by Gasteiger charge is 1.99. The summed E-state index contributed by atoms with van der Waals surface area (Å²) in [5, 5.41) is 3.22. The Morgan fingerprint density at radius 1 is 1.44 bits per heavy atom. The van der Waals surface area contributed by atoms with Crippen molar-refractivity contribution in [2.24, 2.45) is 0 Å². The molecule has 0 spiro atoms. The van der Waals surface area contributed by atoms with Crippen LogP contribution in [0.1, 0.15) is 11.6 Å². The molecule has 0 saturated heterocycles. The zero-order valence-electron chi connectivity index (χ0n) is 8.87. The van der Waals surface area contributed by atoms with Gasteiger partial charge in [0.15, 0.2) is 0 Å². The van der Waals surface area contributed by atoms with E-state index in [1.54, 1.807) is 6.20 Å². The number of nitrogens with one attached hydrogen (secondary N) is 2. The fourth-order valence-electron chi connectivity index (χ4n) is 1.37. The summed E-state index contributed by atoms with van der Waals surface area (Å²) in [6, 6.07) is 1.86. The summed E-state index contributed by atoms with van der Waals surface area (Å²) in [7, 11) is 0. The third kappa shape index (κ3) is 3.03. The van der Waals surface area contributed by atoms with E-state index in [4.69, 9.17) is 0 Å². The normalized spacial score (nSPS) is 10.4. The zero-order chi connectivity index (χ0) is 11.4. The van der Waals surface area contributed by atoms with Crippen molar-refractivity contribution in [2.75, 3.05) is 11.9 Å². The molecule has 0 aromatic carbocycles. The lowest BCUT2D eigenvalue weighted by molar-refractivity contribution is 0.914. The Labute approximate surface area is 102 Å². The van der Waals surface area contributed by atoms with E-state index in [-0.39, 0.29) is 0 Å². The first-order chi connectivity index (χ1) is 7.74. The highest BCUT2D eigenvalue weighted by Crippen LogP contribution is 2.11. The van der Waals surface area contributed by atoms with Crippen LogP contribution in [-0.2, 0) is 6.42 Å². The SMILES string of the molecule is Cc1nc(Br)cc(NCCc2ncc[nH]2)n1. The summed E-state index contributed by atoms with van der Waals surface area (Å²) < 4.78 is 0.792. The van der Waals surface area contributed by atoms with Crippen molar-refractivity contribution >= 4 is 21.7 Å². The number of H-pyrrole nitrogens is 1. The van der Waals surface area contributed by atoms with Gasteiger partial charge in [-0.15, -0.1) is 0 Å². The molecule has 0 radical (unpaired) electrons. The number of nitrogens with zero attached hydrogens (tertiary/aromatic N) is 3. The molecule has 2 rings (SSSR count). The van der Waals surface area contributed by atoms with Gasteiger partial charge >= 0.3 is 0 Å². The van der Waals surface area contributed by atoms with Gasteiger partial charge in [-0.2, -0.15) is 0 Å². The maximum absolute atomic E-state index is 4.27. The number of aromatic amines is 1. The van der Waals surface area contributed by atoms with Gasteiger partial charge in [-0.25, -0.2) is 15.0 Å². The summed E-state index contributed by atoms with van der Waals surface area (Å²) in [4.78, 5) is 15.6. The van der Waals surface area contributed by atoms with E-state index in [9.17, 15) is 0 Å². The van der Waals surface area contributed by atoms with E-state index in [2.05, 4.69) is 41.2 Å². The standard InChI is InChI=1S/C10H12BrN5/c1-7-15-8(11)6-10(16-7)12-3-2-9-13-4-5-14-9/h4-6H,2-3H2,1H3,(H,13,14)(H,12,15,16). The molecule has 0 saturated carbocycles. The van der Waals surface area contributed by atoms with Gasteiger partial charge in [0.05, 0.1) is 0 Å². The lowest BCUT2D eigenvalue weighted by Gasteiger charge is -2.05. The number of anilines is 1. The summed E-state index contributed by atoms with van der Waals surface area (Å²) in [6.07, 6.45) is 4.41. The number of rotatable bonds is 4. The first-order valence-corrected chi connectivity index (χ1v) is 5.76. The predicted molar refractivity (Wildman–Crippen MR) is 65.3 cm³/mol. The van der Waals surface area contributed by atoms with Crippen LogP contribution in [0.25, 0.3) is 0 Å². The van der Waals surface area contributed by atoms with Gasteiger partial charge in [0.1, 0.15) is 22.1 Å². The van der Waals surface area contributed by atoms with Gasteiger partial charge in [0, 0.05) is 31.4 Å². The molecule has 84 valence electrons. The van der Waals surface area contributed by atoms with E-state index in [0.29, 0.717) is 0 Å². The minimum Gasteiger partial charge on any atom is -0.369 e. The summed E-state index contributed by atoms with van der Waals surface area (Å²) in [5.41, 5.74) is 0. The maximum atomic E-state index is 4.27. The van der Waals surface area contributed by atoms with Crippen molar-refractivity contribution in [1.82, 2.24) is 19.9 Å². The molecule has 16 heavy (non-hydrogen) atoms. The Kier molecular flexibility index (Phi) is 3.51. The third-order valence-electron chi connectivity index (χ3n) is 2.03. The quantitative estimate of drug-likeness (QED) is 0.841. The molecule has 0 aliphatic carbocycles. The van der Waals surface area contributed by atoms with E-state index >= 15 is 0 Å². The van der Waals surface area contributed by atoms with Crippen LogP contribution in [0.3, 0.4) is 0 Å². The van der Waals surface area contributed by atoms with Crippen LogP contribution in [0.4, 0.5) is 5.82 Å². The molecule has 0 unspecified atom stereocenters. The van der Waals surface area contributed by atoms with Crippen LogP contribution in [0.15, 0.2) is 23.1 Å². The molecule has 0 atom stereocenters. The van der Waals surface area contributed by atoms with Crippen molar-refractivity contribution in [2.45, 2.75) is 13.3 Å². The van der Waals surface area contributed by atoms with Crippen LogP contribution < -0.4 is 5.32 Å². The van der Waals surface area contributed by atoms with Crippen LogP contribution in [0.5, 0.6) is 0 Å². The van der Waals surface area contributed by atoms with Crippen molar-refractivity contribution < 1.29 is 0 Å². The van der Waals surface area contributed by atoms with Gasteiger partial charge in [-0.05, 0) is 22.9 Å². The topological polar surface area (TPSA) is 66.5 Å². The molecule has 2 aromatic rings. The fourth-order valence-corrected chi connectivity index (χ4v) is 1.84. The molecule has 0 bridgehead atoms. The van der Waals surface area contributed by atoms with Crippen LogP contribution in [0.2, 0.25) is 0 Å². The first kappa shape index (κ1) is 11.1. The van der Waals surface area contributed by atoms with Crippen LogP contribution >= 0.6 is 15.9 Å². The first-order valence-electron chi connectivity index (χ1n) is 4.97. The number of aryl methyl sites for hydroxylation is 1. The van der Waals surface area contributed by atoms with E-state index < -0.39 is 0 Å². The van der Waals surface area contributed by atoms with Crippen LogP contribution in [0, 0.1) is 6.92 Å². The number of hydrogen-bond acceptors (Lipinski definition) is 4. The fraction of sp³-hybridized carbons (Fsp3) is 0.300. The van der Waals surface area contributed by atoms with Crippen molar-refractivity contribution in [3.63, 3.8) is 0 Å². The Morgan fingerprint density at radius 2 is 2.31 bits per heavy atom. The molecule has 0 fully saturated rings. The van der Waals surface area contributed by atoms with E-state index in [0.717, 1.165) is 35.0 Å². The summed E-state index contributed by atoms with van der Waals surface area (Å²) in [6.45, 7) is 2.65. The third-order valence-corrected chi connectivity index (χ3v) is 2.44. The molecule has 2 N–H and O–H groups in total. The zero-order valence-corrected chi connectivity index (χ0v) is 10.5. The molecule has 0 amide bonds. The van der Waals surface area contributed by atoms with E-state index in [1.807, 2.05) is 19.2 Å². The molecule has 0 aliphatic heterocycles. The molecular weight excluding hydrogens is 270 g/mol. The second-order valence-electron chi connectivity index (χ2n) is 3.34. The van der Waals surface area contributed by atoms with Gasteiger partial charge in [0.25, 0.3) is 0 Å². The Hall–Kier alpha value is -1.43. The Morgan fingerprint density at radius 3 is 3.00 bits per heavy atom. The smallest absolute Gasteiger partial charge is 0.130 e. The van der Waals surface area contributed by atoms with Gasteiger partial charge in [0.2, 0.25) is 0 Å². The summed E-state index contributed by atoms with van der Waals surface area (Å²) in [5.74, 6) is 2.54. The largest absolute Gasteiger partial charge is 0.369 e. The molecular formula is C10H12BrN5. The van der Waals surface area contributed by atoms with E-state index in [1.165, 1.54) is 0 Å². The minimum atomic E-state index is 0.745. The van der Waals surface area contributed by atoms with Crippen molar-refractivity contribution in [3.05, 3.63) is 34.7 Å². The molecule has 0 aliphatic rings. The lowest BCUT2D eigenvalue weighted by Crippen LogP contribution is -2.08. The maximum Gasteiger partial charge on any atom is 0.130 e. The Bertz CT molecular complexity index is 434. The Balaban J connectivity index is 1.89. The number of imidazole rings is 1. The van der Waals surface area contributed by atoms with Gasteiger partial charge < -0.3 is 10.3 Å². The van der Waals surface area contributed by atoms with Crippen molar-refractivity contribution in [1.29, 1.82) is 0 Å². The molecule has 6 heteroatoms. The predicted octanol–water partition coefficient (Wildman–Crippen LogP) is 1.93. The molecule has 2 heterocycles. The minimum absolute atomic E-state index is 0.745. The average Bonchev–Trinajstić information content (AvgIpc) is 2.69. The highest BCUT2D eigenvalue weighted by molar-refractivity contribution is 9.10. The van der Waals surface area contributed by atoms with Crippen molar-refractivity contribution in [3.8, 4) is 0 Å². The van der Waals surface area contributed by atoms with Crippen LogP contribution in [-0.4, -0.2) is 26.5 Å². The lowest BCUT2D eigenvalue weighted by atomic mass is 10.4. The van der Waals surface area contributed by atoms with Gasteiger partial charge in [-0.1, -0.05) is 0 Å². The summed E-state index contributed by atoms with van der Waals surface area (Å²) >= 11 is 3.33. The molecule has 5 nitrogen and oxygen atoms in total. The van der Waals surface area contributed by atoms with Gasteiger partial charge in [-0.3, -0.25) is 0 Å². The highest BCUT2D eigenvalue weighted by atomic mass is 79.9.